The third kappa shape index (κ3) is 2.49. The van der Waals surface area contributed by atoms with E-state index >= 15 is 0 Å². The summed E-state index contributed by atoms with van der Waals surface area (Å²) in [5.41, 5.74) is 6.53. The van der Waals surface area contributed by atoms with Crippen LogP contribution in [0.2, 0.25) is 5.02 Å². The SMILES string of the molecule is CC1(c2ccc(Br)o2)CN=C(N)N1c1ccc(Cl)c(Br)c1. The molecule has 0 bridgehead atoms. The van der Waals surface area contributed by atoms with Gasteiger partial charge in [-0.3, -0.25) is 9.89 Å². The summed E-state index contributed by atoms with van der Waals surface area (Å²) in [7, 11) is 0. The fourth-order valence-corrected chi connectivity index (χ4v) is 3.25. The van der Waals surface area contributed by atoms with Gasteiger partial charge in [0.05, 0.1) is 11.6 Å². The standard InChI is InChI=1S/C14H12Br2ClN3O/c1-14(11-4-5-12(16)21-11)7-19-13(18)20(14)8-2-3-10(17)9(15)6-8/h2-6H,7H2,1H3,(H2,18,19). The van der Waals surface area contributed by atoms with Gasteiger partial charge in [-0.15, -0.1) is 0 Å². The second-order valence-corrected chi connectivity index (χ2v) is 7.03. The van der Waals surface area contributed by atoms with Crippen molar-refractivity contribution in [2.45, 2.75) is 12.5 Å². The molecule has 1 unspecified atom stereocenters. The van der Waals surface area contributed by atoms with Crippen molar-refractivity contribution in [2.75, 3.05) is 11.4 Å². The number of halogens is 3. The molecule has 1 aliphatic rings. The highest BCUT2D eigenvalue weighted by atomic mass is 79.9. The van der Waals surface area contributed by atoms with Gasteiger partial charge in [0, 0.05) is 10.2 Å². The van der Waals surface area contributed by atoms with E-state index in [1.165, 1.54) is 0 Å². The van der Waals surface area contributed by atoms with Gasteiger partial charge in [0.1, 0.15) is 11.3 Å². The van der Waals surface area contributed by atoms with Crippen LogP contribution in [0, 0.1) is 0 Å². The average Bonchev–Trinajstić information content (AvgIpc) is 2.99. The van der Waals surface area contributed by atoms with E-state index in [0.29, 0.717) is 22.2 Å². The first-order chi connectivity index (χ1) is 9.91. The minimum Gasteiger partial charge on any atom is -0.452 e. The zero-order valence-corrected chi connectivity index (χ0v) is 15.0. The first-order valence-corrected chi connectivity index (χ1v) is 8.19. The lowest BCUT2D eigenvalue weighted by Crippen LogP contribution is -2.47. The van der Waals surface area contributed by atoms with Crippen LogP contribution in [0.1, 0.15) is 12.7 Å². The van der Waals surface area contributed by atoms with Gasteiger partial charge in [-0.1, -0.05) is 11.6 Å². The number of guanidine groups is 1. The molecule has 4 nitrogen and oxygen atoms in total. The van der Waals surface area contributed by atoms with Crippen LogP contribution < -0.4 is 10.6 Å². The van der Waals surface area contributed by atoms with E-state index in [0.717, 1.165) is 15.9 Å². The van der Waals surface area contributed by atoms with Crippen LogP contribution >= 0.6 is 43.5 Å². The molecular formula is C14H12Br2ClN3O. The molecule has 1 atom stereocenters. The quantitative estimate of drug-likeness (QED) is 0.758. The van der Waals surface area contributed by atoms with Gasteiger partial charge in [-0.25, -0.2) is 0 Å². The third-order valence-corrected chi connectivity index (χ3v) is 5.18. The van der Waals surface area contributed by atoms with Crippen LogP contribution in [-0.2, 0) is 5.54 Å². The number of nitrogens with two attached hydrogens (primary N) is 1. The van der Waals surface area contributed by atoms with Gasteiger partial charge in [0.15, 0.2) is 10.6 Å². The zero-order valence-electron chi connectivity index (χ0n) is 11.1. The minimum absolute atomic E-state index is 0.458. The van der Waals surface area contributed by atoms with E-state index in [1.807, 2.05) is 42.2 Å². The number of nitrogens with zero attached hydrogens (tertiary/aromatic N) is 2. The lowest BCUT2D eigenvalue weighted by atomic mass is 9.97. The van der Waals surface area contributed by atoms with E-state index in [9.17, 15) is 0 Å². The first-order valence-electron chi connectivity index (χ1n) is 6.23. The van der Waals surface area contributed by atoms with E-state index in [1.54, 1.807) is 0 Å². The summed E-state index contributed by atoms with van der Waals surface area (Å²) in [6.07, 6.45) is 0. The lowest BCUT2D eigenvalue weighted by Gasteiger charge is -2.34. The molecule has 0 amide bonds. The summed E-state index contributed by atoms with van der Waals surface area (Å²) in [4.78, 5) is 6.34. The maximum atomic E-state index is 6.09. The van der Waals surface area contributed by atoms with Crippen molar-refractivity contribution < 1.29 is 4.42 Å². The van der Waals surface area contributed by atoms with Crippen molar-refractivity contribution in [3.05, 3.63) is 50.3 Å². The Morgan fingerprint density at radius 2 is 2.10 bits per heavy atom. The highest BCUT2D eigenvalue weighted by molar-refractivity contribution is 9.10. The Balaban J connectivity index is 2.08. The molecular weight excluding hydrogens is 421 g/mol. The van der Waals surface area contributed by atoms with Crippen LogP contribution in [0.3, 0.4) is 0 Å². The minimum atomic E-state index is -0.469. The fourth-order valence-electron chi connectivity index (χ4n) is 2.46. The lowest BCUT2D eigenvalue weighted by molar-refractivity contribution is 0.378. The molecule has 3 rings (SSSR count). The molecule has 0 radical (unpaired) electrons. The van der Waals surface area contributed by atoms with Crippen LogP contribution in [0.25, 0.3) is 0 Å². The van der Waals surface area contributed by atoms with Crippen molar-refractivity contribution in [3.8, 4) is 0 Å². The molecule has 1 aromatic carbocycles. The largest absolute Gasteiger partial charge is 0.452 e. The number of hydrogen-bond donors (Lipinski definition) is 1. The highest BCUT2D eigenvalue weighted by Crippen LogP contribution is 2.39. The highest BCUT2D eigenvalue weighted by Gasteiger charge is 2.43. The molecule has 1 aliphatic heterocycles. The van der Waals surface area contributed by atoms with E-state index in [4.69, 9.17) is 21.8 Å². The predicted octanol–water partition coefficient (Wildman–Crippen LogP) is 4.51. The maximum absolute atomic E-state index is 6.09. The molecule has 110 valence electrons. The van der Waals surface area contributed by atoms with Crippen LogP contribution in [-0.4, -0.2) is 12.5 Å². The molecule has 1 aromatic heterocycles. The van der Waals surface area contributed by atoms with Crippen molar-refractivity contribution in [1.29, 1.82) is 0 Å². The van der Waals surface area contributed by atoms with E-state index < -0.39 is 5.54 Å². The molecule has 2 N–H and O–H groups in total. The number of hydrogen-bond acceptors (Lipinski definition) is 4. The smallest absolute Gasteiger partial charge is 0.196 e. The Kier molecular flexibility index (Phi) is 3.80. The molecule has 0 aliphatic carbocycles. The summed E-state index contributed by atoms with van der Waals surface area (Å²) in [5, 5.41) is 0.649. The van der Waals surface area contributed by atoms with Crippen LogP contribution in [0.5, 0.6) is 0 Å². The Labute approximate surface area is 144 Å². The molecule has 2 aromatic rings. The van der Waals surface area contributed by atoms with E-state index in [-0.39, 0.29) is 0 Å². The molecule has 0 spiro atoms. The van der Waals surface area contributed by atoms with Gasteiger partial charge in [-0.2, -0.15) is 0 Å². The monoisotopic (exact) mass is 431 g/mol. The molecule has 0 saturated carbocycles. The van der Waals surface area contributed by atoms with Crippen molar-refractivity contribution in [2.24, 2.45) is 10.7 Å². The maximum Gasteiger partial charge on any atom is 0.196 e. The normalized spacial score (nSPS) is 21.7. The number of aliphatic imine (C=N–C) groups is 1. The van der Waals surface area contributed by atoms with Gasteiger partial charge >= 0.3 is 0 Å². The summed E-state index contributed by atoms with van der Waals surface area (Å²) in [6, 6.07) is 9.45. The predicted molar refractivity (Wildman–Crippen MR) is 91.9 cm³/mol. The number of benzene rings is 1. The second-order valence-electron chi connectivity index (χ2n) is 4.99. The van der Waals surface area contributed by atoms with Gasteiger partial charge < -0.3 is 10.2 Å². The first kappa shape index (κ1) is 14.9. The van der Waals surface area contributed by atoms with Crippen molar-refractivity contribution in [3.63, 3.8) is 0 Å². The summed E-state index contributed by atoms with van der Waals surface area (Å²) < 4.78 is 7.22. The molecule has 0 saturated heterocycles. The molecule has 0 fully saturated rings. The van der Waals surface area contributed by atoms with Crippen LogP contribution in [0.15, 0.2) is 48.9 Å². The second kappa shape index (κ2) is 5.34. The third-order valence-electron chi connectivity index (χ3n) is 3.54. The van der Waals surface area contributed by atoms with Gasteiger partial charge in [0.2, 0.25) is 0 Å². The summed E-state index contributed by atoms with van der Waals surface area (Å²) in [5.74, 6) is 1.25. The van der Waals surface area contributed by atoms with Crippen molar-refractivity contribution >= 4 is 55.1 Å². The van der Waals surface area contributed by atoms with E-state index in [2.05, 4.69) is 36.9 Å². The van der Waals surface area contributed by atoms with Crippen molar-refractivity contribution in [1.82, 2.24) is 0 Å². The number of rotatable bonds is 2. The fraction of sp³-hybridized carbons (Fsp3) is 0.214. The number of furan rings is 1. The Morgan fingerprint density at radius 1 is 1.33 bits per heavy atom. The molecule has 2 heterocycles. The zero-order chi connectivity index (χ0) is 15.2. The van der Waals surface area contributed by atoms with Gasteiger partial charge in [-0.05, 0) is 69.1 Å². The Morgan fingerprint density at radius 3 is 2.71 bits per heavy atom. The number of anilines is 1. The topological polar surface area (TPSA) is 54.8 Å². The summed E-state index contributed by atoms with van der Waals surface area (Å²) in [6.45, 7) is 2.57. The van der Waals surface area contributed by atoms with Crippen LogP contribution in [0.4, 0.5) is 5.69 Å². The Hall–Kier alpha value is -0.980. The summed E-state index contributed by atoms with van der Waals surface area (Å²) >= 11 is 12.8. The molecule has 7 heteroatoms. The van der Waals surface area contributed by atoms with Gasteiger partial charge in [0.25, 0.3) is 0 Å². The average molecular weight is 434 g/mol. The Bertz CT molecular complexity index is 731. The molecule has 21 heavy (non-hydrogen) atoms.